The molecule has 1 aromatic heterocycles. The van der Waals surface area contributed by atoms with Gasteiger partial charge in [0.15, 0.2) is 0 Å². The van der Waals surface area contributed by atoms with E-state index < -0.39 is 10.0 Å². The lowest BCUT2D eigenvalue weighted by Gasteiger charge is -2.12. The van der Waals surface area contributed by atoms with Crippen LogP contribution < -0.4 is 16.0 Å². The average molecular weight is 371 g/mol. The summed E-state index contributed by atoms with van der Waals surface area (Å²) < 4.78 is 28.2. The molecule has 2 aromatic rings. The molecule has 6 nitrogen and oxygen atoms in total. The van der Waals surface area contributed by atoms with E-state index in [2.05, 4.69) is 31.1 Å². The Bertz CT molecular complexity index is 754. The summed E-state index contributed by atoms with van der Waals surface area (Å²) in [6.45, 7) is 3.80. The third-order valence-electron chi connectivity index (χ3n) is 2.88. The van der Waals surface area contributed by atoms with Gasteiger partial charge in [0.05, 0.1) is 4.90 Å². The van der Waals surface area contributed by atoms with Crippen LogP contribution in [0, 0.1) is 13.8 Å². The van der Waals surface area contributed by atoms with Gasteiger partial charge in [0.25, 0.3) is 10.0 Å². The van der Waals surface area contributed by atoms with E-state index in [1.165, 1.54) is 18.3 Å². The van der Waals surface area contributed by atoms with Crippen LogP contribution in [0.2, 0.25) is 0 Å². The summed E-state index contributed by atoms with van der Waals surface area (Å²) in [6.07, 6.45) is 1.38. The van der Waals surface area contributed by atoms with Crippen LogP contribution in [0.15, 0.2) is 39.8 Å². The fourth-order valence-corrected chi connectivity index (χ4v) is 3.16. The van der Waals surface area contributed by atoms with Crippen molar-refractivity contribution in [3.63, 3.8) is 0 Å². The van der Waals surface area contributed by atoms with Gasteiger partial charge in [0, 0.05) is 22.4 Å². The highest BCUT2D eigenvalue weighted by molar-refractivity contribution is 9.10. The summed E-state index contributed by atoms with van der Waals surface area (Å²) in [7, 11) is -3.69. The van der Waals surface area contributed by atoms with Gasteiger partial charge in [-0.25, -0.2) is 19.2 Å². The van der Waals surface area contributed by atoms with E-state index in [4.69, 9.17) is 5.84 Å². The Labute approximate surface area is 131 Å². The van der Waals surface area contributed by atoms with E-state index in [1.807, 2.05) is 13.8 Å². The number of nitrogens with one attached hydrogen (secondary N) is 2. The van der Waals surface area contributed by atoms with Crippen molar-refractivity contribution in [2.75, 3.05) is 10.1 Å². The minimum atomic E-state index is -3.69. The number of sulfonamides is 1. The first-order valence-electron chi connectivity index (χ1n) is 6.06. The van der Waals surface area contributed by atoms with Crippen molar-refractivity contribution < 1.29 is 8.42 Å². The predicted molar refractivity (Wildman–Crippen MR) is 86.5 cm³/mol. The third kappa shape index (κ3) is 3.52. The Kier molecular flexibility index (Phi) is 4.50. The maximum atomic E-state index is 12.4. The quantitative estimate of drug-likeness (QED) is 0.567. The Morgan fingerprint density at radius 1 is 1.19 bits per heavy atom. The van der Waals surface area contributed by atoms with E-state index in [-0.39, 0.29) is 10.7 Å². The molecular weight excluding hydrogens is 356 g/mol. The number of nitrogens with two attached hydrogens (primary N) is 1. The molecular formula is C13H15BrN4O2S. The molecule has 0 bridgehead atoms. The van der Waals surface area contributed by atoms with Gasteiger partial charge < -0.3 is 5.43 Å². The molecule has 0 saturated heterocycles. The summed E-state index contributed by atoms with van der Waals surface area (Å²) >= 11 is 3.45. The molecule has 21 heavy (non-hydrogen) atoms. The second-order valence-corrected chi connectivity index (χ2v) is 7.03. The number of hydrogen-bond donors (Lipinski definition) is 3. The molecule has 0 aliphatic rings. The number of pyridine rings is 1. The van der Waals surface area contributed by atoms with Crippen molar-refractivity contribution in [2.45, 2.75) is 18.7 Å². The number of nitrogens with zero attached hydrogens (tertiary/aromatic N) is 1. The molecule has 0 aliphatic carbocycles. The van der Waals surface area contributed by atoms with Crippen LogP contribution in [0.1, 0.15) is 11.1 Å². The lowest BCUT2D eigenvalue weighted by atomic mass is 10.1. The number of halogens is 1. The van der Waals surface area contributed by atoms with Gasteiger partial charge in [0.2, 0.25) is 0 Å². The summed E-state index contributed by atoms with van der Waals surface area (Å²) in [5.74, 6) is 5.52. The Balaban J connectivity index is 2.37. The topological polar surface area (TPSA) is 97.1 Å². The van der Waals surface area contributed by atoms with Gasteiger partial charge in [-0.3, -0.25) is 4.72 Å². The number of aryl methyl sites for hydroxylation is 2. The summed E-state index contributed by atoms with van der Waals surface area (Å²) in [5, 5.41) is 0. The molecule has 0 fully saturated rings. The smallest absolute Gasteiger partial charge is 0.262 e. The molecule has 0 atom stereocenters. The van der Waals surface area contributed by atoms with Crippen LogP contribution >= 0.6 is 15.9 Å². The SMILES string of the molecule is Cc1cc(NS(=O)(=O)c2ccnc(NN)c2)cc(C)c1Br. The second kappa shape index (κ2) is 6.00. The normalized spacial score (nSPS) is 11.2. The molecule has 0 aliphatic heterocycles. The maximum Gasteiger partial charge on any atom is 0.262 e. The molecule has 0 radical (unpaired) electrons. The summed E-state index contributed by atoms with van der Waals surface area (Å²) in [6, 6.07) is 6.29. The number of aromatic nitrogens is 1. The van der Waals surface area contributed by atoms with Crippen LogP contribution in [-0.2, 0) is 10.0 Å². The highest BCUT2D eigenvalue weighted by Gasteiger charge is 2.16. The molecule has 0 saturated carbocycles. The number of anilines is 2. The van der Waals surface area contributed by atoms with Crippen molar-refractivity contribution in [3.8, 4) is 0 Å². The number of nitrogen functional groups attached to an aromatic ring is 1. The van der Waals surface area contributed by atoms with Crippen molar-refractivity contribution in [2.24, 2.45) is 5.84 Å². The standard InChI is InChI=1S/C13H15BrN4O2S/c1-8-5-10(6-9(2)13(8)14)18-21(19,20)11-3-4-16-12(7-11)17-15/h3-7,18H,15H2,1-2H3,(H,16,17). The zero-order chi connectivity index (χ0) is 15.6. The minimum absolute atomic E-state index is 0.0867. The monoisotopic (exact) mass is 370 g/mol. The van der Waals surface area contributed by atoms with Gasteiger partial charge in [-0.1, -0.05) is 15.9 Å². The van der Waals surface area contributed by atoms with Gasteiger partial charge in [-0.15, -0.1) is 0 Å². The molecule has 112 valence electrons. The van der Waals surface area contributed by atoms with E-state index in [0.717, 1.165) is 15.6 Å². The number of rotatable bonds is 4. The Hall–Kier alpha value is -1.64. The summed E-state index contributed by atoms with van der Waals surface area (Å²) in [4.78, 5) is 3.97. The highest BCUT2D eigenvalue weighted by Crippen LogP contribution is 2.26. The third-order valence-corrected chi connectivity index (χ3v) is 5.51. The fraction of sp³-hybridized carbons (Fsp3) is 0.154. The molecule has 1 heterocycles. The zero-order valence-corrected chi connectivity index (χ0v) is 13.9. The predicted octanol–water partition coefficient (Wildman–Crippen LogP) is 2.55. The van der Waals surface area contributed by atoms with E-state index in [0.29, 0.717) is 5.69 Å². The van der Waals surface area contributed by atoms with Gasteiger partial charge in [0.1, 0.15) is 5.82 Å². The Morgan fingerprint density at radius 2 is 1.81 bits per heavy atom. The van der Waals surface area contributed by atoms with Crippen LogP contribution in [0.25, 0.3) is 0 Å². The average Bonchev–Trinajstić information content (AvgIpc) is 2.44. The molecule has 8 heteroatoms. The zero-order valence-electron chi connectivity index (χ0n) is 11.5. The van der Waals surface area contributed by atoms with E-state index >= 15 is 0 Å². The first-order chi connectivity index (χ1) is 9.83. The second-order valence-electron chi connectivity index (χ2n) is 4.55. The molecule has 0 unspecified atom stereocenters. The largest absolute Gasteiger partial charge is 0.308 e. The first kappa shape index (κ1) is 15.7. The maximum absolute atomic E-state index is 12.4. The van der Waals surface area contributed by atoms with Crippen molar-refractivity contribution in [1.29, 1.82) is 0 Å². The minimum Gasteiger partial charge on any atom is -0.308 e. The first-order valence-corrected chi connectivity index (χ1v) is 8.33. The number of hydrazine groups is 1. The number of hydrogen-bond acceptors (Lipinski definition) is 5. The molecule has 2 rings (SSSR count). The van der Waals surface area contributed by atoms with E-state index in [1.54, 1.807) is 12.1 Å². The lowest BCUT2D eigenvalue weighted by Crippen LogP contribution is -2.15. The van der Waals surface area contributed by atoms with Crippen LogP contribution in [0.4, 0.5) is 11.5 Å². The number of benzene rings is 1. The van der Waals surface area contributed by atoms with Gasteiger partial charge >= 0.3 is 0 Å². The molecule has 0 amide bonds. The van der Waals surface area contributed by atoms with Crippen molar-refractivity contribution >= 4 is 37.5 Å². The molecule has 4 N–H and O–H groups in total. The molecule has 0 spiro atoms. The summed E-state index contributed by atoms with van der Waals surface area (Å²) in [5.41, 5.74) is 4.73. The van der Waals surface area contributed by atoms with Crippen LogP contribution in [-0.4, -0.2) is 13.4 Å². The molecule has 1 aromatic carbocycles. The van der Waals surface area contributed by atoms with Crippen molar-refractivity contribution in [3.05, 3.63) is 46.1 Å². The lowest BCUT2D eigenvalue weighted by molar-refractivity contribution is 0.601. The van der Waals surface area contributed by atoms with Crippen LogP contribution in [0.3, 0.4) is 0 Å². The fourth-order valence-electron chi connectivity index (χ4n) is 1.88. The van der Waals surface area contributed by atoms with Crippen molar-refractivity contribution in [1.82, 2.24) is 4.98 Å². The van der Waals surface area contributed by atoms with Gasteiger partial charge in [-0.05, 0) is 43.2 Å². The van der Waals surface area contributed by atoms with Gasteiger partial charge in [-0.2, -0.15) is 0 Å². The van der Waals surface area contributed by atoms with Crippen LogP contribution in [0.5, 0.6) is 0 Å². The highest BCUT2D eigenvalue weighted by atomic mass is 79.9. The van der Waals surface area contributed by atoms with E-state index in [9.17, 15) is 8.42 Å². The Morgan fingerprint density at radius 3 is 2.38 bits per heavy atom.